The summed E-state index contributed by atoms with van der Waals surface area (Å²) in [4.78, 5) is 25.5. The van der Waals surface area contributed by atoms with Crippen LogP contribution in [0, 0.1) is 11.6 Å². The first kappa shape index (κ1) is 25.8. The highest BCUT2D eigenvalue weighted by Crippen LogP contribution is 2.43. The van der Waals surface area contributed by atoms with Gasteiger partial charge in [-0.1, -0.05) is 6.07 Å². The largest absolute Gasteiger partial charge is 0.490 e. The molecule has 0 spiro atoms. The number of ether oxygens (including phenoxy) is 2. The van der Waals surface area contributed by atoms with Crippen molar-refractivity contribution in [3.05, 3.63) is 79.0 Å². The maximum Gasteiger partial charge on any atom is 0.238 e. The lowest BCUT2D eigenvalue weighted by molar-refractivity contribution is 0.314. The third-order valence-electron chi connectivity index (χ3n) is 6.89. The molecule has 1 aliphatic heterocycles. The summed E-state index contributed by atoms with van der Waals surface area (Å²) in [5.41, 5.74) is 7.75. The van der Waals surface area contributed by atoms with E-state index in [-0.39, 0.29) is 5.69 Å². The Morgan fingerprint density at radius 3 is 2.71 bits per heavy atom. The van der Waals surface area contributed by atoms with Crippen LogP contribution >= 0.6 is 11.3 Å². The smallest absolute Gasteiger partial charge is 0.238 e. The Bertz CT molecular complexity index is 1970. The summed E-state index contributed by atoms with van der Waals surface area (Å²) < 4.78 is 40.2. The number of rotatable bonds is 6. The van der Waals surface area contributed by atoms with Gasteiger partial charge < -0.3 is 14.4 Å². The van der Waals surface area contributed by atoms with E-state index in [0.29, 0.717) is 24.7 Å². The molecule has 42 heavy (non-hydrogen) atoms. The Morgan fingerprint density at radius 2 is 1.86 bits per heavy atom. The molecule has 5 heterocycles. The zero-order chi connectivity index (χ0) is 28.8. The van der Waals surface area contributed by atoms with Gasteiger partial charge in [-0.15, -0.1) is 11.3 Å². The van der Waals surface area contributed by atoms with E-state index in [1.807, 2.05) is 24.3 Å². The third-order valence-corrected chi connectivity index (χ3v) is 7.96. The fourth-order valence-electron chi connectivity index (χ4n) is 4.94. The Hall–Kier alpha value is -5.17. The van der Waals surface area contributed by atoms with E-state index in [0.717, 1.165) is 55.0 Å². The van der Waals surface area contributed by atoms with Gasteiger partial charge in [-0.25, -0.2) is 33.7 Å². The molecule has 0 aliphatic carbocycles. The number of methoxy groups -OCH3 is 1. The van der Waals surface area contributed by atoms with Crippen LogP contribution in [0.4, 0.5) is 31.7 Å². The minimum atomic E-state index is -0.702. The lowest BCUT2D eigenvalue weighted by Crippen LogP contribution is -2.29. The maximum atomic E-state index is 14.4. The number of anilines is 4. The van der Waals surface area contributed by atoms with Gasteiger partial charge in [-0.05, 0) is 35.9 Å². The fourth-order valence-corrected chi connectivity index (χ4v) is 6.00. The van der Waals surface area contributed by atoms with Crippen molar-refractivity contribution in [1.29, 1.82) is 0 Å². The second-order valence-corrected chi connectivity index (χ2v) is 10.4. The molecular weight excluding hydrogens is 562 g/mol. The molecule has 4 aromatic heterocycles. The normalized spacial score (nSPS) is 12.7. The minimum absolute atomic E-state index is 0.160. The van der Waals surface area contributed by atoms with Gasteiger partial charge in [-0.2, -0.15) is 0 Å². The number of fused-ring (bicyclic) bond motifs is 4. The number of pyridine rings is 1. The molecule has 1 N–H and O–H groups in total. The second-order valence-electron chi connectivity index (χ2n) is 9.42. The highest BCUT2D eigenvalue weighted by Gasteiger charge is 2.25. The van der Waals surface area contributed by atoms with Gasteiger partial charge in [0.05, 0.1) is 25.0 Å². The van der Waals surface area contributed by atoms with Crippen LogP contribution in [-0.2, 0) is 0 Å². The highest BCUT2D eigenvalue weighted by molar-refractivity contribution is 7.25. The average molecular weight is 585 g/mol. The topological polar surface area (TPSA) is 101 Å². The average Bonchev–Trinajstić information content (AvgIpc) is 3.39. The number of aromatic nitrogens is 5. The van der Waals surface area contributed by atoms with Crippen LogP contribution in [-0.4, -0.2) is 52.2 Å². The summed E-state index contributed by atoms with van der Waals surface area (Å²) in [5.74, 6) is 0.433. The van der Waals surface area contributed by atoms with E-state index in [2.05, 4.69) is 35.2 Å². The number of thiophene rings is 1. The first-order valence-electron chi connectivity index (χ1n) is 12.9. The number of hydrogen-bond acceptors (Lipinski definition) is 11. The van der Waals surface area contributed by atoms with E-state index in [9.17, 15) is 8.78 Å². The van der Waals surface area contributed by atoms with Crippen molar-refractivity contribution >= 4 is 54.8 Å². The molecule has 10 nitrogen and oxygen atoms in total. The molecule has 0 radical (unpaired) electrons. The van der Waals surface area contributed by atoms with Crippen LogP contribution in [0.25, 0.3) is 31.7 Å². The first-order valence-corrected chi connectivity index (χ1v) is 13.7. The molecule has 0 bridgehead atoms. The zero-order valence-corrected chi connectivity index (χ0v) is 23.2. The standard InChI is InChI=1S/C29H22F2N8O2S/c1-38(21-5-4-18(30)13-19(21)31)37-20-11-17(14-34-28(20)40-2)16-3-6-23-22(12-16)39(9-10-41-23)27-26-24(35-15-36-27)25-29(42-26)33-8-7-32-25/h3-8,11-15,37H,9-10H2,1-2H3. The summed E-state index contributed by atoms with van der Waals surface area (Å²) in [7, 11) is 3.12. The summed E-state index contributed by atoms with van der Waals surface area (Å²) in [6, 6.07) is 11.1. The van der Waals surface area contributed by atoms with Crippen molar-refractivity contribution in [2.24, 2.45) is 0 Å². The van der Waals surface area contributed by atoms with Crippen molar-refractivity contribution in [2.75, 3.05) is 42.6 Å². The van der Waals surface area contributed by atoms with E-state index < -0.39 is 11.6 Å². The van der Waals surface area contributed by atoms with Gasteiger partial charge in [-0.3, -0.25) is 10.4 Å². The Kier molecular flexibility index (Phi) is 6.35. The van der Waals surface area contributed by atoms with Gasteiger partial charge in [0.15, 0.2) is 11.6 Å². The van der Waals surface area contributed by atoms with Crippen molar-refractivity contribution in [2.45, 2.75) is 0 Å². The number of hydrazine groups is 1. The summed E-state index contributed by atoms with van der Waals surface area (Å²) in [6.45, 7) is 1.07. The molecule has 0 unspecified atom stereocenters. The van der Waals surface area contributed by atoms with Gasteiger partial charge in [0, 0.05) is 37.3 Å². The van der Waals surface area contributed by atoms with Crippen molar-refractivity contribution in [3.63, 3.8) is 0 Å². The van der Waals surface area contributed by atoms with Crippen LogP contribution in [0.3, 0.4) is 0 Å². The van der Waals surface area contributed by atoms with Crippen LogP contribution in [0.15, 0.2) is 67.4 Å². The van der Waals surface area contributed by atoms with Crippen molar-refractivity contribution in [3.8, 4) is 22.8 Å². The molecular formula is C29H22F2N8O2S. The number of benzene rings is 2. The Morgan fingerprint density at radius 1 is 0.976 bits per heavy atom. The maximum absolute atomic E-state index is 14.4. The highest BCUT2D eigenvalue weighted by atomic mass is 32.1. The lowest BCUT2D eigenvalue weighted by Gasteiger charge is -2.31. The number of halogens is 2. The molecule has 6 aromatic rings. The van der Waals surface area contributed by atoms with Gasteiger partial charge in [0.2, 0.25) is 5.88 Å². The minimum Gasteiger partial charge on any atom is -0.490 e. The van der Waals surface area contributed by atoms with E-state index >= 15 is 0 Å². The van der Waals surface area contributed by atoms with Crippen molar-refractivity contribution in [1.82, 2.24) is 24.9 Å². The Balaban J connectivity index is 1.27. The van der Waals surface area contributed by atoms with Gasteiger partial charge in [0.1, 0.15) is 50.8 Å². The predicted molar refractivity (Wildman–Crippen MR) is 158 cm³/mol. The molecule has 7 rings (SSSR count). The first-order chi connectivity index (χ1) is 20.5. The fraction of sp³-hybridized carbons (Fsp3) is 0.138. The number of hydrogen-bond donors (Lipinski definition) is 1. The molecule has 210 valence electrons. The molecule has 0 saturated heterocycles. The molecule has 0 saturated carbocycles. The molecule has 0 atom stereocenters. The van der Waals surface area contributed by atoms with Crippen LogP contribution in [0.1, 0.15) is 0 Å². The summed E-state index contributed by atoms with van der Waals surface area (Å²) in [6.07, 6.45) is 6.57. The molecule has 0 fully saturated rings. The van der Waals surface area contributed by atoms with Crippen LogP contribution in [0.5, 0.6) is 11.6 Å². The van der Waals surface area contributed by atoms with Gasteiger partial charge in [0.25, 0.3) is 0 Å². The molecule has 2 aromatic carbocycles. The van der Waals surface area contributed by atoms with Crippen LogP contribution < -0.4 is 24.8 Å². The van der Waals surface area contributed by atoms with E-state index in [1.165, 1.54) is 35.6 Å². The number of nitrogens with zero attached hydrogens (tertiary/aromatic N) is 7. The summed E-state index contributed by atoms with van der Waals surface area (Å²) >= 11 is 1.50. The van der Waals surface area contributed by atoms with E-state index in [4.69, 9.17) is 9.47 Å². The third kappa shape index (κ3) is 4.43. The zero-order valence-electron chi connectivity index (χ0n) is 22.4. The number of nitrogens with one attached hydrogen (secondary N) is 1. The quantitative estimate of drug-likeness (QED) is 0.235. The SMILES string of the molecule is COc1ncc(-c2ccc3c(c2)N(c2ncnc4c2sc2nccnc24)CCO3)cc1NN(C)c1ccc(F)cc1F. The van der Waals surface area contributed by atoms with Crippen LogP contribution in [0.2, 0.25) is 0 Å². The lowest BCUT2D eigenvalue weighted by atomic mass is 10.0. The predicted octanol–water partition coefficient (Wildman–Crippen LogP) is 5.98. The molecule has 13 heteroatoms. The van der Waals surface area contributed by atoms with Crippen molar-refractivity contribution < 1.29 is 18.3 Å². The van der Waals surface area contributed by atoms with Gasteiger partial charge >= 0.3 is 0 Å². The Labute approximate surface area is 242 Å². The molecule has 0 amide bonds. The second kappa shape index (κ2) is 10.3. The molecule has 1 aliphatic rings. The summed E-state index contributed by atoms with van der Waals surface area (Å²) in [5, 5.41) is 1.44. The van der Waals surface area contributed by atoms with E-state index in [1.54, 1.807) is 32.0 Å². The monoisotopic (exact) mass is 584 g/mol.